The molecule has 0 radical (unpaired) electrons. The van der Waals surface area contributed by atoms with Gasteiger partial charge in [0.05, 0.1) is 0 Å². The molecule has 0 saturated carbocycles. The van der Waals surface area contributed by atoms with E-state index < -0.39 is 0 Å². The predicted octanol–water partition coefficient (Wildman–Crippen LogP) is 4.31. The molecule has 0 amide bonds. The van der Waals surface area contributed by atoms with Crippen molar-refractivity contribution in [2.45, 2.75) is 45.7 Å². The van der Waals surface area contributed by atoms with Gasteiger partial charge in [0.25, 0.3) is 0 Å². The van der Waals surface area contributed by atoms with Crippen molar-refractivity contribution in [2.24, 2.45) is 0 Å². The highest BCUT2D eigenvalue weighted by molar-refractivity contribution is 7.48. The van der Waals surface area contributed by atoms with Gasteiger partial charge in [0, 0.05) is 21.6 Å². The molecule has 20 heavy (non-hydrogen) atoms. The van der Waals surface area contributed by atoms with Gasteiger partial charge < -0.3 is 10.2 Å². The maximum absolute atomic E-state index is 10.6. The summed E-state index contributed by atoms with van der Waals surface area (Å²) in [7, 11) is 0.535. The van der Waals surface area contributed by atoms with Crippen LogP contribution < -0.4 is 5.30 Å². The molecule has 0 aliphatic heterocycles. The van der Waals surface area contributed by atoms with Crippen molar-refractivity contribution < 1.29 is 10.2 Å². The quantitative estimate of drug-likeness (QED) is 0.636. The molecular weight excluding hydrogens is 267 g/mol. The van der Waals surface area contributed by atoms with Crippen LogP contribution >= 0.6 is 8.58 Å². The standard InChI is InChI=1S/C17H23O2P/c1-4-8-14-15(18)12-9-6-7-10-13(12)16(19)17(14)20-11(3)5-2/h6-7,9-11,18-20H,4-5,8H2,1-3H3. The highest BCUT2D eigenvalue weighted by atomic mass is 31.1. The second-order valence-electron chi connectivity index (χ2n) is 5.30. The lowest BCUT2D eigenvalue weighted by atomic mass is 10.0. The van der Waals surface area contributed by atoms with Crippen molar-refractivity contribution in [1.29, 1.82) is 0 Å². The Morgan fingerprint density at radius 1 is 1.05 bits per heavy atom. The average Bonchev–Trinajstić information content (AvgIpc) is 2.48. The number of rotatable bonds is 5. The maximum atomic E-state index is 10.6. The van der Waals surface area contributed by atoms with E-state index in [9.17, 15) is 10.2 Å². The smallest absolute Gasteiger partial charge is 0.131 e. The zero-order valence-electron chi connectivity index (χ0n) is 12.4. The monoisotopic (exact) mass is 290 g/mol. The van der Waals surface area contributed by atoms with E-state index in [0.717, 1.165) is 40.9 Å². The Labute approximate surface area is 122 Å². The normalized spacial score (nSPS) is 13.3. The molecule has 2 aromatic rings. The van der Waals surface area contributed by atoms with Crippen LogP contribution in [0.2, 0.25) is 0 Å². The minimum Gasteiger partial charge on any atom is -0.507 e. The van der Waals surface area contributed by atoms with E-state index in [2.05, 4.69) is 20.8 Å². The van der Waals surface area contributed by atoms with Gasteiger partial charge in [-0.1, -0.05) is 60.0 Å². The van der Waals surface area contributed by atoms with Crippen LogP contribution in [0.4, 0.5) is 0 Å². The highest BCUT2D eigenvalue weighted by Gasteiger charge is 2.19. The zero-order valence-corrected chi connectivity index (χ0v) is 13.4. The lowest BCUT2D eigenvalue weighted by molar-refractivity contribution is 0.466. The van der Waals surface area contributed by atoms with Crippen molar-refractivity contribution in [3.63, 3.8) is 0 Å². The van der Waals surface area contributed by atoms with Crippen molar-refractivity contribution >= 4 is 24.7 Å². The molecular formula is C17H23O2P. The van der Waals surface area contributed by atoms with Crippen LogP contribution in [-0.2, 0) is 6.42 Å². The first kappa shape index (κ1) is 15.1. The molecule has 0 fully saturated rings. The van der Waals surface area contributed by atoms with Crippen LogP contribution in [-0.4, -0.2) is 15.9 Å². The summed E-state index contributed by atoms with van der Waals surface area (Å²) in [5.41, 5.74) is 1.46. The fraction of sp³-hybridized carbons (Fsp3) is 0.412. The molecule has 2 unspecified atom stereocenters. The predicted molar refractivity (Wildman–Crippen MR) is 89.0 cm³/mol. The third-order valence-electron chi connectivity index (χ3n) is 3.76. The number of phenolic OH excluding ortho intramolecular Hbond substituents is 2. The van der Waals surface area contributed by atoms with Crippen LogP contribution in [0.25, 0.3) is 10.8 Å². The molecule has 2 nitrogen and oxygen atoms in total. The summed E-state index contributed by atoms with van der Waals surface area (Å²) in [6.45, 7) is 6.46. The topological polar surface area (TPSA) is 40.5 Å². The molecule has 0 aliphatic carbocycles. The summed E-state index contributed by atoms with van der Waals surface area (Å²) in [5.74, 6) is 0.714. The fourth-order valence-electron chi connectivity index (χ4n) is 2.45. The van der Waals surface area contributed by atoms with Gasteiger partial charge in [-0.3, -0.25) is 0 Å². The van der Waals surface area contributed by atoms with Crippen molar-refractivity contribution in [3.05, 3.63) is 29.8 Å². The average molecular weight is 290 g/mol. The van der Waals surface area contributed by atoms with Crippen LogP contribution in [0, 0.1) is 0 Å². The summed E-state index contributed by atoms with van der Waals surface area (Å²) in [6, 6.07) is 7.55. The number of benzene rings is 2. The SMILES string of the molecule is CCCc1c(PC(C)CC)c(O)c2ccccc2c1O. The van der Waals surface area contributed by atoms with Crippen molar-refractivity contribution in [1.82, 2.24) is 0 Å². The van der Waals surface area contributed by atoms with Gasteiger partial charge in [-0.25, -0.2) is 0 Å². The summed E-state index contributed by atoms with van der Waals surface area (Å²) in [6.07, 6.45) is 2.85. The molecule has 2 atom stereocenters. The van der Waals surface area contributed by atoms with Crippen LogP contribution in [0.3, 0.4) is 0 Å². The van der Waals surface area contributed by atoms with Crippen molar-refractivity contribution in [2.75, 3.05) is 0 Å². The Kier molecular flexibility index (Phi) is 4.88. The van der Waals surface area contributed by atoms with E-state index in [4.69, 9.17) is 0 Å². The Morgan fingerprint density at radius 3 is 2.20 bits per heavy atom. The zero-order chi connectivity index (χ0) is 14.7. The third kappa shape index (κ3) is 2.76. The molecule has 0 aliphatic rings. The second-order valence-corrected chi connectivity index (χ2v) is 7.07. The number of phenols is 2. The first-order valence-corrected chi connectivity index (χ1v) is 8.39. The molecule has 0 saturated heterocycles. The van der Waals surface area contributed by atoms with E-state index in [1.165, 1.54) is 0 Å². The summed E-state index contributed by atoms with van der Waals surface area (Å²) in [4.78, 5) is 0. The first-order chi connectivity index (χ1) is 9.60. The Morgan fingerprint density at radius 2 is 1.65 bits per heavy atom. The highest BCUT2D eigenvalue weighted by Crippen LogP contribution is 2.39. The Balaban J connectivity index is 2.68. The summed E-state index contributed by atoms with van der Waals surface area (Å²) in [5, 5.41) is 23.7. The fourth-order valence-corrected chi connectivity index (χ4v) is 3.84. The Bertz CT molecular complexity index is 607. The minimum absolute atomic E-state index is 0.353. The van der Waals surface area contributed by atoms with Gasteiger partial charge in [0.1, 0.15) is 11.5 Å². The number of aromatic hydroxyl groups is 2. The van der Waals surface area contributed by atoms with Gasteiger partial charge in [-0.15, -0.1) is 0 Å². The van der Waals surface area contributed by atoms with E-state index in [0.29, 0.717) is 25.7 Å². The van der Waals surface area contributed by atoms with E-state index in [-0.39, 0.29) is 0 Å². The van der Waals surface area contributed by atoms with Gasteiger partial charge >= 0.3 is 0 Å². The lowest BCUT2D eigenvalue weighted by Gasteiger charge is -2.18. The van der Waals surface area contributed by atoms with Crippen molar-refractivity contribution in [3.8, 4) is 11.5 Å². The number of hydrogen-bond donors (Lipinski definition) is 2. The summed E-state index contributed by atoms with van der Waals surface area (Å²) >= 11 is 0. The van der Waals surface area contributed by atoms with Gasteiger partial charge in [0.15, 0.2) is 0 Å². The molecule has 2 aromatic carbocycles. The van der Waals surface area contributed by atoms with Gasteiger partial charge in [0.2, 0.25) is 0 Å². The minimum atomic E-state index is 0.353. The van der Waals surface area contributed by atoms with Crippen LogP contribution in [0.5, 0.6) is 11.5 Å². The largest absolute Gasteiger partial charge is 0.507 e. The van der Waals surface area contributed by atoms with E-state index in [1.54, 1.807) is 0 Å². The van der Waals surface area contributed by atoms with Crippen LogP contribution in [0.1, 0.15) is 39.2 Å². The second kappa shape index (κ2) is 6.45. The third-order valence-corrected chi connectivity index (χ3v) is 5.49. The Hall–Kier alpha value is -1.27. The number of fused-ring (bicyclic) bond motifs is 1. The van der Waals surface area contributed by atoms with Gasteiger partial charge in [-0.2, -0.15) is 0 Å². The van der Waals surface area contributed by atoms with Crippen LogP contribution in [0.15, 0.2) is 24.3 Å². The molecule has 0 heterocycles. The molecule has 3 heteroatoms. The molecule has 0 spiro atoms. The van der Waals surface area contributed by atoms with E-state index in [1.807, 2.05) is 24.3 Å². The summed E-state index contributed by atoms with van der Waals surface area (Å²) < 4.78 is 0. The molecule has 0 bridgehead atoms. The maximum Gasteiger partial charge on any atom is 0.131 e. The van der Waals surface area contributed by atoms with E-state index >= 15 is 0 Å². The molecule has 2 N–H and O–H groups in total. The molecule has 0 aromatic heterocycles. The lowest BCUT2D eigenvalue weighted by Crippen LogP contribution is -2.10. The first-order valence-electron chi connectivity index (χ1n) is 7.32. The molecule has 2 rings (SSSR count). The number of hydrogen-bond acceptors (Lipinski definition) is 2. The van der Waals surface area contributed by atoms with Gasteiger partial charge in [-0.05, 0) is 18.5 Å². The molecule has 108 valence electrons.